The van der Waals surface area contributed by atoms with E-state index in [0.717, 1.165) is 19.3 Å². The highest BCUT2D eigenvalue weighted by molar-refractivity contribution is 5.92. The molecule has 0 aromatic carbocycles. The van der Waals surface area contributed by atoms with Crippen molar-refractivity contribution in [3.63, 3.8) is 0 Å². The van der Waals surface area contributed by atoms with Crippen molar-refractivity contribution >= 4 is 5.91 Å². The summed E-state index contributed by atoms with van der Waals surface area (Å²) in [5, 5.41) is 6.66. The average molecular weight is 223 g/mol. The first-order valence-electron chi connectivity index (χ1n) is 5.65. The lowest BCUT2D eigenvalue weighted by Gasteiger charge is -2.18. The Morgan fingerprint density at radius 2 is 2.50 bits per heavy atom. The van der Waals surface area contributed by atoms with E-state index in [1.54, 1.807) is 13.0 Å². The van der Waals surface area contributed by atoms with Gasteiger partial charge >= 0.3 is 0 Å². The third-order valence-electron chi connectivity index (χ3n) is 3.14. The van der Waals surface area contributed by atoms with Gasteiger partial charge in [-0.2, -0.15) is 0 Å². The van der Waals surface area contributed by atoms with Crippen molar-refractivity contribution in [1.29, 1.82) is 0 Å². The maximum Gasteiger partial charge on any atom is 0.273 e. The van der Waals surface area contributed by atoms with Crippen molar-refractivity contribution in [2.75, 3.05) is 6.54 Å². The van der Waals surface area contributed by atoms with E-state index < -0.39 is 0 Å². The van der Waals surface area contributed by atoms with E-state index in [9.17, 15) is 4.79 Å². The van der Waals surface area contributed by atoms with Crippen LogP contribution in [0.5, 0.6) is 0 Å². The standard InChI is InChI=1S/C11H17N3O2/c1-7-5-10(14-16-7)11(15)13-9-4-2-3-8(9)6-12/h5,8-9H,2-4,6,12H2,1H3,(H,13,15). The monoisotopic (exact) mass is 223 g/mol. The summed E-state index contributed by atoms with van der Waals surface area (Å²) in [5.41, 5.74) is 6.00. The number of carbonyl (C=O) groups excluding carboxylic acids is 1. The number of aromatic nitrogens is 1. The molecule has 1 aromatic heterocycles. The number of hydrogen-bond acceptors (Lipinski definition) is 4. The number of nitrogens with zero attached hydrogens (tertiary/aromatic N) is 1. The van der Waals surface area contributed by atoms with Crippen LogP contribution in [-0.2, 0) is 0 Å². The van der Waals surface area contributed by atoms with Gasteiger partial charge in [0.05, 0.1) is 0 Å². The van der Waals surface area contributed by atoms with Gasteiger partial charge in [-0.3, -0.25) is 4.79 Å². The van der Waals surface area contributed by atoms with Gasteiger partial charge in [-0.15, -0.1) is 0 Å². The molecule has 0 bridgehead atoms. The molecule has 2 atom stereocenters. The second-order valence-electron chi connectivity index (χ2n) is 4.33. The summed E-state index contributed by atoms with van der Waals surface area (Å²) in [5.74, 6) is 0.881. The average Bonchev–Trinajstić information content (AvgIpc) is 2.86. The minimum atomic E-state index is -0.165. The molecular formula is C11H17N3O2. The van der Waals surface area contributed by atoms with Crippen LogP contribution >= 0.6 is 0 Å². The molecule has 2 unspecified atom stereocenters. The number of amides is 1. The lowest BCUT2D eigenvalue weighted by Crippen LogP contribution is -2.39. The Hall–Kier alpha value is -1.36. The van der Waals surface area contributed by atoms with E-state index in [1.807, 2.05) is 0 Å². The molecule has 1 saturated carbocycles. The Morgan fingerprint density at radius 1 is 1.69 bits per heavy atom. The zero-order valence-corrected chi connectivity index (χ0v) is 9.40. The highest BCUT2D eigenvalue weighted by Gasteiger charge is 2.28. The molecule has 16 heavy (non-hydrogen) atoms. The van der Waals surface area contributed by atoms with Crippen LogP contribution in [0.3, 0.4) is 0 Å². The van der Waals surface area contributed by atoms with Gasteiger partial charge in [-0.1, -0.05) is 11.6 Å². The molecule has 1 amide bonds. The molecular weight excluding hydrogens is 206 g/mol. The lowest BCUT2D eigenvalue weighted by atomic mass is 10.0. The van der Waals surface area contributed by atoms with E-state index in [1.165, 1.54) is 0 Å². The molecule has 3 N–H and O–H groups in total. The first-order chi connectivity index (χ1) is 7.70. The van der Waals surface area contributed by atoms with Crippen LogP contribution < -0.4 is 11.1 Å². The Labute approximate surface area is 94.4 Å². The summed E-state index contributed by atoms with van der Waals surface area (Å²) in [4.78, 5) is 11.8. The minimum Gasteiger partial charge on any atom is -0.361 e. The maximum absolute atomic E-state index is 11.8. The fourth-order valence-corrected chi connectivity index (χ4v) is 2.22. The predicted octanol–water partition coefficient (Wildman–Crippen LogP) is 0.840. The molecule has 1 fully saturated rings. The number of carbonyl (C=O) groups is 1. The van der Waals surface area contributed by atoms with Crippen LogP contribution in [0.4, 0.5) is 0 Å². The topological polar surface area (TPSA) is 81.2 Å². The van der Waals surface area contributed by atoms with Crippen LogP contribution in [0.25, 0.3) is 0 Å². The van der Waals surface area contributed by atoms with E-state index in [0.29, 0.717) is 23.9 Å². The van der Waals surface area contributed by atoms with Crippen molar-refractivity contribution in [2.24, 2.45) is 11.7 Å². The van der Waals surface area contributed by atoms with E-state index in [-0.39, 0.29) is 11.9 Å². The van der Waals surface area contributed by atoms with Gasteiger partial charge in [0.1, 0.15) is 5.76 Å². The van der Waals surface area contributed by atoms with Crippen molar-refractivity contribution in [2.45, 2.75) is 32.2 Å². The van der Waals surface area contributed by atoms with Gasteiger partial charge < -0.3 is 15.6 Å². The van der Waals surface area contributed by atoms with Crippen molar-refractivity contribution in [1.82, 2.24) is 10.5 Å². The zero-order valence-electron chi connectivity index (χ0n) is 9.40. The molecule has 0 saturated heterocycles. The molecule has 5 heteroatoms. The van der Waals surface area contributed by atoms with Gasteiger partial charge in [-0.25, -0.2) is 0 Å². The van der Waals surface area contributed by atoms with Gasteiger partial charge in [0.25, 0.3) is 5.91 Å². The highest BCUT2D eigenvalue weighted by atomic mass is 16.5. The normalized spacial score (nSPS) is 24.6. The number of nitrogens with two attached hydrogens (primary N) is 1. The summed E-state index contributed by atoms with van der Waals surface area (Å²) < 4.78 is 4.87. The summed E-state index contributed by atoms with van der Waals surface area (Å²) in [6.45, 7) is 2.39. The van der Waals surface area contributed by atoms with Crippen LogP contribution in [-0.4, -0.2) is 23.7 Å². The fraction of sp³-hybridized carbons (Fsp3) is 0.636. The third-order valence-corrected chi connectivity index (χ3v) is 3.14. The maximum atomic E-state index is 11.8. The second kappa shape index (κ2) is 4.65. The molecule has 1 aliphatic carbocycles. The predicted molar refractivity (Wildman–Crippen MR) is 58.9 cm³/mol. The fourth-order valence-electron chi connectivity index (χ4n) is 2.22. The molecule has 1 aliphatic rings. The molecule has 1 heterocycles. The third kappa shape index (κ3) is 2.24. The molecule has 88 valence electrons. The summed E-state index contributed by atoms with van der Waals surface area (Å²) in [7, 11) is 0. The quantitative estimate of drug-likeness (QED) is 0.795. The smallest absolute Gasteiger partial charge is 0.273 e. The van der Waals surface area contributed by atoms with Gasteiger partial charge in [-0.05, 0) is 32.2 Å². The van der Waals surface area contributed by atoms with E-state index in [4.69, 9.17) is 10.3 Å². The van der Waals surface area contributed by atoms with Crippen LogP contribution in [0.1, 0.15) is 35.5 Å². The summed E-state index contributed by atoms with van der Waals surface area (Å²) in [6, 6.07) is 1.83. The second-order valence-corrected chi connectivity index (χ2v) is 4.33. The van der Waals surface area contributed by atoms with Crippen LogP contribution in [0.15, 0.2) is 10.6 Å². The van der Waals surface area contributed by atoms with Crippen LogP contribution in [0, 0.1) is 12.8 Å². The summed E-state index contributed by atoms with van der Waals surface area (Å²) >= 11 is 0. The van der Waals surface area contributed by atoms with Crippen molar-refractivity contribution < 1.29 is 9.32 Å². The Bertz CT molecular complexity index is 375. The molecule has 1 aromatic rings. The SMILES string of the molecule is Cc1cc(C(=O)NC2CCCC2CN)no1. The molecule has 0 spiro atoms. The first-order valence-corrected chi connectivity index (χ1v) is 5.65. The largest absolute Gasteiger partial charge is 0.361 e. The van der Waals surface area contributed by atoms with Crippen LogP contribution in [0.2, 0.25) is 0 Å². The van der Waals surface area contributed by atoms with Gasteiger partial charge in [0.2, 0.25) is 0 Å². The minimum absolute atomic E-state index is 0.165. The zero-order chi connectivity index (χ0) is 11.5. The summed E-state index contributed by atoms with van der Waals surface area (Å²) in [6.07, 6.45) is 3.23. The van der Waals surface area contributed by atoms with Crippen molar-refractivity contribution in [3.8, 4) is 0 Å². The molecule has 5 nitrogen and oxygen atoms in total. The van der Waals surface area contributed by atoms with Crippen molar-refractivity contribution in [3.05, 3.63) is 17.5 Å². The number of nitrogens with one attached hydrogen (secondary N) is 1. The lowest BCUT2D eigenvalue weighted by molar-refractivity contribution is 0.0919. The van der Waals surface area contributed by atoms with Gasteiger partial charge in [0.15, 0.2) is 5.69 Å². The number of rotatable bonds is 3. The van der Waals surface area contributed by atoms with E-state index in [2.05, 4.69) is 10.5 Å². The Morgan fingerprint density at radius 3 is 3.12 bits per heavy atom. The molecule has 2 rings (SSSR count). The Balaban J connectivity index is 1.97. The molecule has 0 radical (unpaired) electrons. The highest BCUT2D eigenvalue weighted by Crippen LogP contribution is 2.24. The molecule has 0 aliphatic heterocycles. The first kappa shape index (κ1) is 11.1. The number of hydrogen-bond donors (Lipinski definition) is 2. The van der Waals surface area contributed by atoms with Gasteiger partial charge in [0, 0.05) is 12.1 Å². The Kier molecular flexibility index (Phi) is 3.24. The number of aryl methyl sites for hydroxylation is 1. The van der Waals surface area contributed by atoms with E-state index >= 15 is 0 Å².